The first kappa shape index (κ1) is 17.6. The Hall–Kier alpha value is -3.54. The molecule has 0 saturated heterocycles. The number of hydrogen-bond acceptors (Lipinski definition) is 6. The van der Waals surface area contributed by atoms with Crippen LogP contribution in [0.25, 0.3) is 11.3 Å². The largest absolute Gasteiger partial charge is 0.493 e. The highest BCUT2D eigenvalue weighted by Crippen LogP contribution is 2.59. The van der Waals surface area contributed by atoms with Crippen molar-refractivity contribution in [2.75, 3.05) is 7.11 Å². The van der Waals surface area contributed by atoms with Gasteiger partial charge in [-0.1, -0.05) is 0 Å². The summed E-state index contributed by atoms with van der Waals surface area (Å²) in [6, 6.07) is 3.72. The van der Waals surface area contributed by atoms with Crippen LogP contribution in [0.1, 0.15) is 40.9 Å². The Bertz CT molecular complexity index is 1310. The molecule has 1 fully saturated rings. The summed E-state index contributed by atoms with van der Waals surface area (Å²) in [6.45, 7) is 5.62. The maximum absolute atomic E-state index is 14.0. The van der Waals surface area contributed by atoms with Gasteiger partial charge in [-0.3, -0.25) is 9.38 Å². The molecule has 9 heteroatoms. The van der Waals surface area contributed by atoms with Crippen LogP contribution < -0.4 is 4.74 Å². The number of methoxy groups -OCH3 is 1. The maximum Gasteiger partial charge on any atom is 0.180 e. The van der Waals surface area contributed by atoms with E-state index in [1.165, 1.54) is 19.4 Å². The molecule has 146 valence electrons. The molecule has 1 aliphatic rings. The van der Waals surface area contributed by atoms with E-state index in [9.17, 15) is 9.65 Å². The predicted octanol–water partition coefficient (Wildman–Crippen LogP) is 2.79. The molecule has 0 radical (unpaired) electrons. The number of aromatic nitrogens is 6. The van der Waals surface area contributed by atoms with Crippen molar-refractivity contribution in [3.8, 4) is 11.8 Å². The zero-order valence-electron chi connectivity index (χ0n) is 16.4. The molecule has 1 unspecified atom stereocenters. The van der Waals surface area contributed by atoms with Gasteiger partial charge in [0, 0.05) is 30.1 Å². The maximum atomic E-state index is 14.0. The molecular formula is C20H18FN7O. The van der Waals surface area contributed by atoms with Gasteiger partial charge in [0.1, 0.15) is 11.2 Å². The van der Waals surface area contributed by atoms with Crippen LogP contribution >= 0.6 is 0 Å². The zero-order valence-corrected chi connectivity index (χ0v) is 16.4. The molecule has 0 aromatic carbocycles. The number of aryl methyl sites for hydroxylation is 3. The minimum atomic E-state index is -0.849. The normalized spacial score (nSPS) is 20.9. The number of nitrogens with zero attached hydrogens (tertiary/aromatic N) is 7. The summed E-state index contributed by atoms with van der Waals surface area (Å²) < 4.78 is 22.6. The van der Waals surface area contributed by atoms with Gasteiger partial charge >= 0.3 is 0 Å². The summed E-state index contributed by atoms with van der Waals surface area (Å²) in [6.07, 6.45) is 3.66. The standard InChI is InChI=1S/C20H18FN7O/c1-10-7-23-11(2)18-25-17(26-28(10)18)14-6-20(14,9-22)16-12(3)27-8-13(21)5-15(29-4)19(27)24-16/h5,7-8,14H,6H2,1-4H3/t14?,20-/m0/s1. The summed E-state index contributed by atoms with van der Waals surface area (Å²) in [5, 5.41) is 14.7. The topological polar surface area (TPSA) is 93.4 Å². The summed E-state index contributed by atoms with van der Waals surface area (Å²) in [4.78, 5) is 13.7. The van der Waals surface area contributed by atoms with E-state index in [2.05, 4.69) is 26.1 Å². The summed E-state index contributed by atoms with van der Waals surface area (Å²) in [5.74, 6) is 0.305. The molecule has 0 N–H and O–H groups in total. The van der Waals surface area contributed by atoms with Crippen molar-refractivity contribution >= 4 is 11.3 Å². The van der Waals surface area contributed by atoms with E-state index in [-0.39, 0.29) is 5.92 Å². The number of halogens is 1. The van der Waals surface area contributed by atoms with Crippen LogP contribution in [-0.4, -0.2) is 36.1 Å². The average molecular weight is 391 g/mol. The van der Waals surface area contributed by atoms with Gasteiger partial charge in [-0.2, -0.15) is 10.4 Å². The molecule has 0 amide bonds. The van der Waals surface area contributed by atoms with E-state index in [4.69, 9.17) is 4.74 Å². The Labute approximate surface area is 165 Å². The fourth-order valence-electron chi connectivity index (χ4n) is 4.04. The highest BCUT2D eigenvalue weighted by molar-refractivity contribution is 5.60. The second-order valence-electron chi connectivity index (χ2n) is 7.50. The van der Waals surface area contributed by atoms with Crippen molar-refractivity contribution in [1.29, 1.82) is 5.26 Å². The van der Waals surface area contributed by atoms with Crippen molar-refractivity contribution in [2.45, 2.75) is 38.5 Å². The monoisotopic (exact) mass is 391 g/mol. The lowest BCUT2D eigenvalue weighted by Crippen LogP contribution is -2.10. The molecule has 1 aliphatic carbocycles. The van der Waals surface area contributed by atoms with E-state index in [1.807, 2.05) is 20.8 Å². The molecule has 0 spiro atoms. The second kappa shape index (κ2) is 5.73. The first-order valence-electron chi connectivity index (χ1n) is 9.22. The smallest absolute Gasteiger partial charge is 0.180 e. The number of pyridine rings is 1. The molecular weight excluding hydrogens is 373 g/mol. The highest BCUT2D eigenvalue weighted by Gasteiger charge is 2.61. The van der Waals surface area contributed by atoms with Gasteiger partial charge in [0.2, 0.25) is 0 Å². The Morgan fingerprint density at radius 1 is 1.28 bits per heavy atom. The van der Waals surface area contributed by atoms with Crippen LogP contribution in [0, 0.1) is 37.9 Å². The van der Waals surface area contributed by atoms with E-state index in [0.29, 0.717) is 40.7 Å². The van der Waals surface area contributed by atoms with Crippen molar-refractivity contribution in [3.63, 3.8) is 0 Å². The second-order valence-corrected chi connectivity index (χ2v) is 7.50. The van der Waals surface area contributed by atoms with E-state index in [1.54, 1.807) is 15.1 Å². The van der Waals surface area contributed by atoms with Crippen molar-refractivity contribution in [1.82, 2.24) is 29.0 Å². The third-order valence-electron chi connectivity index (χ3n) is 5.73. The third kappa shape index (κ3) is 2.29. The van der Waals surface area contributed by atoms with Gasteiger partial charge < -0.3 is 4.74 Å². The minimum absolute atomic E-state index is 0.189. The predicted molar refractivity (Wildman–Crippen MR) is 101 cm³/mol. The van der Waals surface area contributed by atoms with Crippen LogP contribution in [0.3, 0.4) is 0 Å². The first-order valence-corrected chi connectivity index (χ1v) is 9.22. The molecule has 0 aliphatic heterocycles. The van der Waals surface area contributed by atoms with Crippen LogP contribution in [0.4, 0.5) is 4.39 Å². The fourth-order valence-corrected chi connectivity index (χ4v) is 4.04. The molecule has 1 saturated carbocycles. The number of fused-ring (bicyclic) bond motifs is 2. The van der Waals surface area contributed by atoms with E-state index >= 15 is 0 Å². The van der Waals surface area contributed by atoms with Crippen molar-refractivity contribution in [3.05, 3.63) is 52.9 Å². The minimum Gasteiger partial charge on any atom is -0.493 e. The molecule has 8 nitrogen and oxygen atoms in total. The van der Waals surface area contributed by atoms with Crippen LogP contribution in [0.15, 0.2) is 18.5 Å². The van der Waals surface area contributed by atoms with Gasteiger partial charge in [-0.15, -0.1) is 0 Å². The van der Waals surface area contributed by atoms with Gasteiger partial charge in [0.15, 0.2) is 22.9 Å². The number of imidazole rings is 1. The summed E-state index contributed by atoms with van der Waals surface area (Å²) in [7, 11) is 1.47. The number of hydrogen-bond donors (Lipinski definition) is 0. The van der Waals surface area contributed by atoms with Crippen LogP contribution in [-0.2, 0) is 5.41 Å². The quantitative estimate of drug-likeness (QED) is 0.533. The Balaban J connectivity index is 1.65. The molecule has 4 heterocycles. The molecule has 2 atom stereocenters. The van der Waals surface area contributed by atoms with Crippen molar-refractivity contribution in [2.24, 2.45) is 0 Å². The van der Waals surface area contributed by atoms with Crippen LogP contribution in [0.2, 0.25) is 0 Å². The van der Waals surface area contributed by atoms with Gasteiger partial charge in [0.05, 0.1) is 30.3 Å². The summed E-state index contributed by atoms with van der Waals surface area (Å²) in [5.41, 5.74) is 3.30. The lowest BCUT2D eigenvalue weighted by Gasteiger charge is -2.05. The lowest BCUT2D eigenvalue weighted by atomic mass is 9.99. The molecule has 4 aromatic rings. The van der Waals surface area contributed by atoms with Gasteiger partial charge in [0.25, 0.3) is 0 Å². The highest BCUT2D eigenvalue weighted by atomic mass is 19.1. The number of rotatable bonds is 3. The Kier molecular flexibility index (Phi) is 3.47. The summed E-state index contributed by atoms with van der Waals surface area (Å²) >= 11 is 0. The van der Waals surface area contributed by atoms with Crippen molar-refractivity contribution < 1.29 is 9.13 Å². The van der Waals surface area contributed by atoms with E-state index < -0.39 is 11.2 Å². The average Bonchev–Trinajstić information content (AvgIpc) is 3.11. The third-order valence-corrected chi connectivity index (χ3v) is 5.73. The number of ether oxygens (including phenoxy) is 1. The van der Waals surface area contributed by atoms with Gasteiger partial charge in [-0.25, -0.2) is 18.9 Å². The fraction of sp³-hybridized carbons (Fsp3) is 0.350. The Morgan fingerprint density at radius 2 is 2.07 bits per heavy atom. The van der Waals surface area contributed by atoms with E-state index in [0.717, 1.165) is 11.4 Å². The molecule has 5 rings (SSSR count). The number of nitriles is 1. The SMILES string of the molecule is COc1cc(F)cn2c(C)c([C@]3(C#N)CC3c3nc4c(C)ncc(C)n4n3)nc12. The molecule has 0 bridgehead atoms. The van der Waals surface area contributed by atoms with Gasteiger partial charge in [-0.05, 0) is 27.2 Å². The lowest BCUT2D eigenvalue weighted by molar-refractivity contribution is 0.412. The molecule has 4 aromatic heterocycles. The van der Waals surface area contributed by atoms with Crippen LogP contribution in [0.5, 0.6) is 5.75 Å². The zero-order chi connectivity index (χ0) is 20.5. The first-order chi connectivity index (χ1) is 13.9. The Morgan fingerprint density at radius 3 is 2.76 bits per heavy atom. The molecule has 29 heavy (non-hydrogen) atoms.